The van der Waals surface area contributed by atoms with E-state index in [2.05, 4.69) is 278 Å². The summed E-state index contributed by atoms with van der Waals surface area (Å²) < 4.78 is 6.76. The molecule has 4 aliphatic rings. The maximum Gasteiger partial charge on any atom is 0.132 e. The maximum atomic E-state index is 6.76. The third kappa shape index (κ3) is 5.87. The van der Waals surface area contributed by atoms with Gasteiger partial charge in [0.25, 0.3) is 0 Å². The Kier molecular flexibility index (Phi) is 9.14. The summed E-state index contributed by atoms with van der Waals surface area (Å²) in [5.74, 6) is 1.77. The minimum Gasteiger partial charge on any atom is -0.457 e. The molecule has 16 rings (SSSR count). The van der Waals surface area contributed by atoms with E-state index in [0.29, 0.717) is 0 Å². The van der Waals surface area contributed by atoms with Crippen LogP contribution in [0.4, 0.5) is 17.1 Å². The van der Waals surface area contributed by atoms with E-state index in [9.17, 15) is 0 Å². The monoisotopic (exact) mass is 971 g/mol. The van der Waals surface area contributed by atoms with Crippen molar-refractivity contribution in [2.45, 2.75) is 20.6 Å². The van der Waals surface area contributed by atoms with E-state index >= 15 is 0 Å². The van der Waals surface area contributed by atoms with Crippen molar-refractivity contribution >= 4 is 39.6 Å². The van der Waals surface area contributed by atoms with E-state index in [1.165, 1.54) is 98.5 Å². The van der Waals surface area contributed by atoms with Gasteiger partial charge in [0.1, 0.15) is 11.5 Å². The van der Waals surface area contributed by atoms with E-state index in [-0.39, 0.29) is 0 Å². The topological polar surface area (TPSA) is 12.5 Å². The third-order valence-corrected chi connectivity index (χ3v) is 17.8. The van der Waals surface area contributed by atoms with Gasteiger partial charge in [-0.3, -0.25) is 0 Å². The quantitative estimate of drug-likeness (QED) is 0.171. The lowest BCUT2D eigenvalue weighted by atomic mass is 9.66. The number of benzene rings is 12. The zero-order chi connectivity index (χ0) is 49.2. The first-order valence-electron chi connectivity index (χ1n) is 25.9. The first kappa shape index (κ1) is 42.4. The summed E-state index contributed by atoms with van der Waals surface area (Å²) in [6.07, 6.45) is 0. The molecule has 3 heteroatoms. The molecular formula is C72H45NOS. The summed E-state index contributed by atoms with van der Waals surface area (Å²) in [6.45, 7) is 0. The van der Waals surface area contributed by atoms with Crippen LogP contribution in [0.25, 0.3) is 55.3 Å². The Morgan fingerprint density at radius 3 is 1.37 bits per heavy atom. The van der Waals surface area contributed by atoms with Gasteiger partial charge in [0, 0.05) is 37.9 Å². The van der Waals surface area contributed by atoms with Gasteiger partial charge in [-0.25, -0.2) is 0 Å². The average molecular weight is 972 g/mol. The second-order valence-electron chi connectivity index (χ2n) is 20.2. The van der Waals surface area contributed by atoms with Gasteiger partial charge in [-0.2, -0.15) is 0 Å². The van der Waals surface area contributed by atoms with Crippen molar-refractivity contribution in [3.8, 4) is 56.0 Å². The van der Waals surface area contributed by atoms with Gasteiger partial charge in [0.05, 0.1) is 16.5 Å². The van der Waals surface area contributed by atoms with E-state index in [1.807, 2.05) is 11.8 Å². The Hall–Kier alpha value is -9.15. The highest BCUT2D eigenvalue weighted by Gasteiger charge is 2.53. The highest BCUT2D eigenvalue weighted by Crippen LogP contribution is 2.66. The standard InChI is InChI=1S/C72H45NOS/c1-2-17-46(18-3-1)47-33-35-48(36-34-47)49-37-41-51(42-38-49)73(64-28-16-27-62-70(64)54-20-5-7-22-57(54)71(62)58-23-8-12-29-65(58)74-66-30-13-9-24-59(66)71)52-43-39-50-40-44-63-69(55(50)45-52)53-19-4-6-21-56(53)72(63)60-25-10-14-31-67(60)75-68-32-15-11-26-61(68)72/h1-45H. The fraction of sp³-hybridized carbons (Fsp3) is 0.0278. The van der Waals surface area contributed by atoms with Crippen molar-refractivity contribution in [3.63, 3.8) is 0 Å². The SMILES string of the molecule is c1ccc(-c2ccc(-c3ccc(N(c4ccc5ccc6c(c5c4)-c4ccccc4C64c5ccccc5Sc5ccccc54)c4cccc5c4-c4ccccc4C54c5ccccc5Oc5ccccc54)cc3)cc2)cc1. The molecule has 0 saturated carbocycles. The first-order valence-corrected chi connectivity index (χ1v) is 26.7. The van der Waals surface area contributed by atoms with Gasteiger partial charge in [-0.15, -0.1) is 0 Å². The minimum atomic E-state index is -0.609. The fourth-order valence-electron chi connectivity index (χ4n) is 13.6. The van der Waals surface area contributed by atoms with Crippen LogP contribution in [0.5, 0.6) is 11.5 Å². The van der Waals surface area contributed by atoms with Gasteiger partial charge in [0.2, 0.25) is 0 Å². The summed E-state index contributed by atoms with van der Waals surface area (Å²) in [6, 6.07) is 101. The number of rotatable bonds is 5. The molecule has 2 heterocycles. The minimum absolute atomic E-state index is 0.474. The van der Waals surface area contributed by atoms with Crippen LogP contribution in [0.3, 0.4) is 0 Å². The van der Waals surface area contributed by atoms with E-state index in [1.54, 1.807) is 0 Å². The van der Waals surface area contributed by atoms with Gasteiger partial charge in [-0.05, 0) is 138 Å². The number of hydrogen-bond donors (Lipinski definition) is 0. The molecule has 0 N–H and O–H groups in total. The van der Waals surface area contributed by atoms with Crippen LogP contribution in [0, 0.1) is 0 Å². The van der Waals surface area contributed by atoms with Crippen LogP contribution in [-0.4, -0.2) is 0 Å². The van der Waals surface area contributed by atoms with Crippen LogP contribution >= 0.6 is 11.8 Å². The molecule has 12 aromatic rings. The molecule has 350 valence electrons. The van der Waals surface area contributed by atoms with Crippen LogP contribution < -0.4 is 9.64 Å². The Morgan fingerprint density at radius 2 is 0.747 bits per heavy atom. The third-order valence-electron chi connectivity index (χ3n) is 16.6. The number of anilines is 3. The lowest BCUT2D eigenvalue weighted by Gasteiger charge is -2.39. The molecule has 75 heavy (non-hydrogen) atoms. The van der Waals surface area contributed by atoms with Crippen molar-refractivity contribution in [1.29, 1.82) is 0 Å². The Bertz CT molecular complexity index is 4220. The molecule has 2 aliphatic carbocycles. The van der Waals surface area contributed by atoms with Crippen LogP contribution in [0.15, 0.2) is 283 Å². The zero-order valence-electron chi connectivity index (χ0n) is 40.7. The maximum absolute atomic E-state index is 6.76. The van der Waals surface area contributed by atoms with Crippen molar-refractivity contribution < 1.29 is 4.74 Å². The summed E-state index contributed by atoms with van der Waals surface area (Å²) >= 11 is 1.89. The molecule has 0 unspecified atom stereocenters. The van der Waals surface area contributed by atoms with Crippen molar-refractivity contribution in [1.82, 2.24) is 0 Å². The number of hydrogen-bond acceptors (Lipinski definition) is 3. The highest BCUT2D eigenvalue weighted by molar-refractivity contribution is 7.99. The van der Waals surface area contributed by atoms with Gasteiger partial charge in [-0.1, -0.05) is 230 Å². The fourth-order valence-corrected chi connectivity index (χ4v) is 14.8. The van der Waals surface area contributed by atoms with Crippen molar-refractivity contribution in [2.75, 3.05) is 4.90 Å². The molecule has 0 fully saturated rings. The van der Waals surface area contributed by atoms with Crippen molar-refractivity contribution in [2.24, 2.45) is 0 Å². The smallest absolute Gasteiger partial charge is 0.132 e. The molecule has 0 saturated heterocycles. The molecule has 2 aliphatic heterocycles. The van der Waals surface area contributed by atoms with Crippen molar-refractivity contribution in [3.05, 3.63) is 317 Å². The lowest BCUT2D eigenvalue weighted by molar-refractivity contribution is 0.436. The summed E-state index contributed by atoms with van der Waals surface area (Å²) in [7, 11) is 0. The number of nitrogens with zero attached hydrogens (tertiary/aromatic N) is 1. The lowest BCUT2D eigenvalue weighted by Crippen LogP contribution is -2.32. The van der Waals surface area contributed by atoms with Crippen LogP contribution in [0.1, 0.15) is 44.5 Å². The van der Waals surface area contributed by atoms with Gasteiger partial charge < -0.3 is 9.64 Å². The predicted octanol–water partition coefficient (Wildman–Crippen LogP) is 18.9. The highest BCUT2D eigenvalue weighted by atomic mass is 32.2. The van der Waals surface area contributed by atoms with Gasteiger partial charge in [0.15, 0.2) is 0 Å². The first-order chi connectivity index (χ1) is 37.2. The molecule has 0 bridgehead atoms. The number of ether oxygens (including phenoxy) is 1. The van der Waals surface area contributed by atoms with Crippen LogP contribution in [-0.2, 0) is 10.8 Å². The molecule has 2 spiro atoms. The molecular weight excluding hydrogens is 927 g/mol. The Labute approximate surface area is 440 Å². The normalized spacial score (nSPS) is 14.1. The second-order valence-corrected chi connectivity index (χ2v) is 21.3. The van der Waals surface area contributed by atoms with Crippen LogP contribution in [0.2, 0.25) is 0 Å². The summed E-state index contributed by atoms with van der Waals surface area (Å²) in [5, 5.41) is 2.45. The van der Waals surface area contributed by atoms with E-state index < -0.39 is 10.8 Å². The second kappa shape index (κ2) is 16.2. The summed E-state index contributed by atoms with van der Waals surface area (Å²) in [4.78, 5) is 5.13. The molecule has 0 atom stereocenters. The Morgan fingerprint density at radius 1 is 0.307 bits per heavy atom. The van der Waals surface area contributed by atoms with Gasteiger partial charge >= 0.3 is 0 Å². The summed E-state index contributed by atoms with van der Waals surface area (Å²) in [5.41, 5.74) is 22.2. The molecule has 2 nitrogen and oxygen atoms in total. The van der Waals surface area contributed by atoms with E-state index in [0.717, 1.165) is 39.7 Å². The average Bonchev–Trinajstić information content (AvgIpc) is 3.95. The molecule has 0 amide bonds. The predicted molar refractivity (Wildman–Crippen MR) is 308 cm³/mol. The zero-order valence-corrected chi connectivity index (χ0v) is 41.6. The Balaban J connectivity index is 0.944. The molecule has 0 aromatic heterocycles. The molecule has 0 radical (unpaired) electrons. The molecule has 12 aromatic carbocycles. The number of para-hydroxylation sites is 2. The largest absolute Gasteiger partial charge is 0.457 e. The number of fused-ring (bicyclic) bond motifs is 20. The van der Waals surface area contributed by atoms with E-state index in [4.69, 9.17) is 4.74 Å².